The Bertz CT molecular complexity index is 734. The summed E-state index contributed by atoms with van der Waals surface area (Å²) in [5, 5.41) is 10.3. The van der Waals surface area contributed by atoms with Crippen molar-refractivity contribution in [3.8, 4) is 0 Å². The minimum atomic E-state index is -0.880. The number of carboxylic acids is 1. The fraction of sp³-hybridized carbons (Fsp3) is 0.125. The van der Waals surface area contributed by atoms with Gasteiger partial charge in [0.1, 0.15) is 11.5 Å². The Labute approximate surface area is 115 Å². The lowest BCUT2D eigenvalue weighted by molar-refractivity contribution is -0.138. The molecule has 1 N–H and O–H groups in total. The molecule has 0 bridgehead atoms. The fourth-order valence-electron chi connectivity index (χ4n) is 2.34. The van der Waals surface area contributed by atoms with Gasteiger partial charge in [-0.25, -0.2) is 0 Å². The van der Waals surface area contributed by atoms with E-state index < -0.39 is 11.9 Å². The predicted octanol–water partition coefficient (Wildman–Crippen LogP) is 3.24. The number of carboxylic acid groups (broad SMARTS) is 1. The molecule has 4 nitrogen and oxygen atoms in total. The first kappa shape index (κ1) is 12.4. The van der Waals surface area contributed by atoms with Crippen LogP contribution in [0.15, 0.2) is 59.3 Å². The minimum Gasteiger partial charge on any atom is -0.481 e. The number of pyridine rings is 1. The smallest absolute Gasteiger partial charge is 0.312 e. The van der Waals surface area contributed by atoms with E-state index in [1.165, 1.54) is 0 Å². The molecule has 20 heavy (non-hydrogen) atoms. The molecular formula is C16H13NO3. The van der Waals surface area contributed by atoms with Crippen molar-refractivity contribution in [2.75, 3.05) is 0 Å². The highest BCUT2D eigenvalue weighted by Crippen LogP contribution is 2.27. The molecule has 0 amide bonds. The van der Waals surface area contributed by atoms with Crippen molar-refractivity contribution < 1.29 is 14.3 Å². The number of furan rings is 1. The standard InChI is InChI=1S/C16H13NO3/c18-16(19)13(10-11-4-2-1-3-5-11)15-12-7-9-20-14(12)6-8-17-15/h1-9,13H,10H2,(H,18,19). The van der Waals surface area contributed by atoms with Crippen molar-refractivity contribution in [2.45, 2.75) is 12.3 Å². The second-order valence-electron chi connectivity index (χ2n) is 4.61. The molecular weight excluding hydrogens is 254 g/mol. The summed E-state index contributed by atoms with van der Waals surface area (Å²) in [4.78, 5) is 15.9. The zero-order valence-electron chi connectivity index (χ0n) is 10.7. The summed E-state index contributed by atoms with van der Waals surface area (Å²) in [7, 11) is 0. The average Bonchev–Trinajstić information content (AvgIpc) is 2.94. The average molecular weight is 267 g/mol. The molecule has 0 aliphatic heterocycles. The summed E-state index contributed by atoms with van der Waals surface area (Å²) in [6, 6.07) is 13.1. The zero-order valence-corrected chi connectivity index (χ0v) is 10.7. The highest BCUT2D eigenvalue weighted by Gasteiger charge is 2.24. The summed E-state index contributed by atoms with van der Waals surface area (Å²) in [5.74, 6) is -1.56. The van der Waals surface area contributed by atoms with Gasteiger partial charge in [0.2, 0.25) is 0 Å². The Kier molecular flexibility index (Phi) is 3.21. The van der Waals surface area contributed by atoms with Crippen molar-refractivity contribution in [3.63, 3.8) is 0 Å². The van der Waals surface area contributed by atoms with Gasteiger partial charge in [0, 0.05) is 11.6 Å². The maximum Gasteiger partial charge on any atom is 0.312 e. The number of hydrogen-bond acceptors (Lipinski definition) is 3. The molecule has 1 aromatic carbocycles. The lowest BCUT2D eigenvalue weighted by Gasteiger charge is -2.12. The Morgan fingerprint density at radius 1 is 1.20 bits per heavy atom. The molecule has 0 saturated heterocycles. The van der Waals surface area contributed by atoms with Gasteiger partial charge in [-0.15, -0.1) is 0 Å². The van der Waals surface area contributed by atoms with Crippen LogP contribution in [0.1, 0.15) is 17.2 Å². The van der Waals surface area contributed by atoms with Gasteiger partial charge in [-0.2, -0.15) is 0 Å². The first-order valence-electron chi connectivity index (χ1n) is 6.34. The van der Waals surface area contributed by atoms with E-state index in [0.29, 0.717) is 17.7 Å². The first-order chi connectivity index (χ1) is 9.75. The van der Waals surface area contributed by atoms with E-state index in [0.717, 1.165) is 10.9 Å². The lowest BCUT2D eigenvalue weighted by atomic mass is 9.94. The van der Waals surface area contributed by atoms with Crippen LogP contribution in [0.3, 0.4) is 0 Å². The predicted molar refractivity (Wildman–Crippen MR) is 74.5 cm³/mol. The summed E-state index contributed by atoms with van der Waals surface area (Å²) in [6.45, 7) is 0. The SMILES string of the molecule is O=C(O)C(Cc1ccccc1)c1nccc2occc12. The van der Waals surface area contributed by atoms with Gasteiger partial charge >= 0.3 is 5.97 Å². The van der Waals surface area contributed by atoms with Crippen molar-refractivity contribution in [1.29, 1.82) is 0 Å². The number of aromatic nitrogens is 1. The van der Waals surface area contributed by atoms with Gasteiger partial charge in [-0.3, -0.25) is 9.78 Å². The van der Waals surface area contributed by atoms with Gasteiger partial charge < -0.3 is 9.52 Å². The van der Waals surface area contributed by atoms with Gasteiger partial charge in [0.05, 0.1) is 12.0 Å². The van der Waals surface area contributed by atoms with Crippen molar-refractivity contribution in [2.24, 2.45) is 0 Å². The number of rotatable bonds is 4. The van der Waals surface area contributed by atoms with Crippen molar-refractivity contribution >= 4 is 16.9 Å². The minimum absolute atomic E-state index is 0.410. The van der Waals surface area contributed by atoms with E-state index in [1.807, 2.05) is 30.3 Å². The molecule has 2 aromatic heterocycles. The summed E-state index contributed by atoms with van der Waals surface area (Å²) < 4.78 is 5.31. The quantitative estimate of drug-likeness (QED) is 0.788. The molecule has 3 aromatic rings. The van der Waals surface area contributed by atoms with Gasteiger partial charge in [0.25, 0.3) is 0 Å². The van der Waals surface area contributed by atoms with Crippen LogP contribution in [0, 0.1) is 0 Å². The molecule has 3 rings (SSSR count). The highest BCUT2D eigenvalue weighted by molar-refractivity contribution is 5.86. The number of carbonyl (C=O) groups is 1. The molecule has 0 saturated carbocycles. The number of nitrogens with zero attached hydrogens (tertiary/aromatic N) is 1. The molecule has 1 unspecified atom stereocenters. The third-order valence-electron chi connectivity index (χ3n) is 3.32. The normalized spacial score (nSPS) is 12.4. The van der Waals surface area contributed by atoms with Crippen LogP contribution in [0.25, 0.3) is 11.0 Å². The second kappa shape index (κ2) is 5.17. The van der Waals surface area contributed by atoms with E-state index in [-0.39, 0.29) is 0 Å². The molecule has 0 spiro atoms. The Hall–Kier alpha value is -2.62. The van der Waals surface area contributed by atoms with E-state index in [9.17, 15) is 9.90 Å². The largest absolute Gasteiger partial charge is 0.481 e. The molecule has 4 heteroatoms. The summed E-state index contributed by atoms with van der Waals surface area (Å²) in [6.07, 6.45) is 3.55. The zero-order chi connectivity index (χ0) is 13.9. The number of aliphatic carboxylic acids is 1. The molecule has 1 atom stereocenters. The van der Waals surface area contributed by atoms with Crippen LogP contribution in [0.4, 0.5) is 0 Å². The van der Waals surface area contributed by atoms with E-state index in [4.69, 9.17) is 4.42 Å². The topological polar surface area (TPSA) is 63.3 Å². The van der Waals surface area contributed by atoms with Crippen LogP contribution in [-0.4, -0.2) is 16.1 Å². The van der Waals surface area contributed by atoms with Crippen LogP contribution in [0.5, 0.6) is 0 Å². The molecule has 2 heterocycles. The highest BCUT2D eigenvalue weighted by atomic mass is 16.4. The third-order valence-corrected chi connectivity index (χ3v) is 3.32. The lowest BCUT2D eigenvalue weighted by Crippen LogP contribution is -2.16. The summed E-state index contributed by atoms with van der Waals surface area (Å²) in [5.41, 5.74) is 2.18. The Morgan fingerprint density at radius 2 is 2.00 bits per heavy atom. The molecule has 100 valence electrons. The fourth-order valence-corrected chi connectivity index (χ4v) is 2.34. The second-order valence-corrected chi connectivity index (χ2v) is 4.61. The van der Waals surface area contributed by atoms with Crippen LogP contribution in [0.2, 0.25) is 0 Å². The van der Waals surface area contributed by atoms with Crippen LogP contribution < -0.4 is 0 Å². The Morgan fingerprint density at radius 3 is 2.75 bits per heavy atom. The van der Waals surface area contributed by atoms with E-state index >= 15 is 0 Å². The number of benzene rings is 1. The van der Waals surface area contributed by atoms with Crippen LogP contribution in [-0.2, 0) is 11.2 Å². The van der Waals surface area contributed by atoms with Gasteiger partial charge in [-0.1, -0.05) is 30.3 Å². The molecule has 0 fully saturated rings. The van der Waals surface area contributed by atoms with Gasteiger partial charge in [0.15, 0.2) is 0 Å². The van der Waals surface area contributed by atoms with Crippen molar-refractivity contribution in [3.05, 3.63) is 66.2 Å². The molecule has 0 aliphatic carbocycles. The van der Waals surface area contributed by atoms with Gasteiger partial charge in [-0.05, 0) is 24.1 Å². The van der Waals surface area contributed by atoms with Crippen molar-refractivity contribution in [1.82, 2.24) is 4.98 Å². The number of hydrogen-bond donors (Lipinski definition) is 1. The molecule has 0 radical (unpaired) electrons. The maximum atomic E-state index is 11.6. The number of fused-ring (bicyclic) bond motifs is 1. The maximum absolute atomic E-state index is 11.6. The summed E-state index contributed by atoms with van der Waals surface area (Å²) >= 11 is 0. The first-order valence-corrected chi connectivity index (χ1v) is 6.34. The molecule has 0 aliphatic rings. The van der Waals surface area contributed by atoms with E-state index in [2.05, 4.69) is 4.98 Å². The monoisotopic (exact) mass is 267 g/mol. The van der Waals surface area contributed by atoms with E-state index in [1.54, 1.807) is 24.6 Å². The third kappa shape index (κ3) is 2.28. The van der Waals surface area contributed by atoms with Crippen LogP contribution >= 0.6 is 0 Å². The Balaban J connectivity index is 2.03.